The smallest absolute Gasteiger partial charge is 0.290 e. The van der Waals surface area contributed by atoms with Crippen molar-refractivity contribution in [2.24, 2.45) is 0 Å². The fourth-order valence-corrected chi connectivity index (χ4v) is 3.38. The number of nitrogens with zero attached hydrogens (tertiary/aromatic N) is 3. The van der Waals surface area contributed by atoms with Crippen LogP contribution < -0.4 is 5.32 Å². The second-order valence-electron chi connectivity index (χ2n) is 8.43. The van der Waals surface area contributed by atoms with Crippen molar-refractivity contribution in [3.8, 4) is 5.69 Å². The number of nitrogens with one attached hydrogen (secondary N) is 1. The van der Waals surface area contributed by atoms with E-state index in [0.29, 0.717) is 34.5 Å². The van der Waals surface area contributed by atoms with Crippen molar-refractivity contribution in [1.29, 1.82) is 0 Å². The number of amides is 2. The average molecular weight is 477 g/mol. The highest BCUT2D eigenvalue weighted by molar-refractivity contribution is 6.42. The molecule has 0 aliphatic heterocycles. The molecule has 1 N–H and O–H groups in total. The topological polar surface area (TPSA) is 80.4 Å². The van der Waals surface area contributed by atoms with Gasteiger partial charge in [0.15, 0.2) is 5.76 Å². The molecule has 2 amide bonds. The Morgan fingerprint density at radius 3 is 2.50 bits per heavy atom. The van der Waals surface area contributed by atoms with E-state index in [4.69, 9.17) is 27.6 Å². The van der Waals surface area contributed by atoms with Gasteiger partial charge in [0.25, 0.3) is 5.91 Å². The molecule has 0 fully saturated rings. The third kappa shape index (κ3) is 5.53. The third-order valence-corrected chi connectivity index (χ3v) is 5.48. The monoisotopic (exact) mass is 476 g/mol. The van der Waals surface area contributed by atoms with Crippen LogP contribution in [0.3, 0.4) is 0 Å². The van der Waals surface area contributed by atoms with E-state index >= 15 is 0 Å². The molecular formula is C23H26Cl2N4O3. The second-order valence-corrected chi connectivity index (χ2v) is 9.24. The summed E-state index contributed by atoms with van der Waals surface area (Å²) in [5.74, 6) is -0.0114. The Bertz CT molecular complexity index is 1100. The van der Waals surface area contributed by atoms with E-state index in [1.165, 1.54) is 11.2 Å². The van der Waals surface area contributed by atoms with E-state index < -0.39 is 0 Å². The van der Waals surface area contributed by atoms with Crippen LogP contribution in [0.1, 0.15) is 50.4 Å². The summed E-state index contributed by atoms with van der Waals surface area (Å²) in [7, 11) is 0. The highest BCUT2D eigenvalue weighted by Crippen LogP contribution is 2.29. The zero-order valence-electron chi connectivity index (χ0n) is 18.5. The van der Waals surface area contributed by atoms with Crippen molar-refractivity contribution in [3.63, 3.8) is 0 Å². The molecule has 7 nitrogen and oxygen atoms in total. The highest BCUT2D eigenvalue weighted by atomic mass is 35.5. The van der Waals surface area contributed by atoms with Gasteiger partial charge in [0.1, 0.15) is 12.4 Å². The molecule has 0 bridgehead atoms. The number of hydrogen-bond donors (Lipinski definition) is 1. The van der Waals surface area contributed by atoms with E-state index in [1.54, 1.807) is 35.0 Å². The van der Waals surface area contributed by atoms with Crippen molar-refractivity contribution < 1.29 is 14.0 Å². The first-order valence-corrected chi connectivity index (χ1v) is 11.0. The fourth-order valence-electron chi connectivity index (χ4n) is 3.08. The second kappa shape index (κ2) is 9.79. The summed E-state index contributed by atoms with van der Waals surface area (Å²) in [6.45, 7) is 8.34. The van der Waals surface area contributed by atoms with Crippen LogP contribution in [-0.2, 0) is 10.2 Å². The Morgan fingerprint density at radius 2 is 1.91 bits per heavy atom. The van der Waals surface area contributed by atoms with Gasteiger partial charge >= 0.3 is 0 Å². The van der Waals surface area contributed by atoms with Crippen LogP contribution in [0.2, 0.25) is 10.0 Å². The van der Waals surface area contributed by atoms with E-state index in [2.05, 4.69) is 10.4 Å². The van der Waals surface area contributed by atoms with Gasteiger partial charge in [-0.1, -0.05) is 50.9 Å². The molecule has 32 heavy (non-hydrogen) atoms. The lowest BCUT2D eigenvalue weighted by Gasteiger charge is -2.20. The van der Waals surface area contributed by atoms with Gasteiger partial charge in [0, 0.05) is 18.0 Å². The third-order valence-electron chi connectivity index (χ3n) is 4.74. The molecule has 2 heterocycles. The van der Waals surface area contributed by atoms with Crippen LogP contribution in [0.15, 0.2) is 47.1 Å². The van der Waals surface area contributed by atoms with Gasteiger partial charge in [-0.2, -0.15) is 5.10 Å². The molecule has 0 saturated carbocycles. The van der Waals surface area contributed by atoms with E-state index in [0.717, 1.165) is 5.69 Å². The van der Waals surface area contributed by atoms with Gasteiger partial charge in [0.2, 0.25) is 5.91 Å². The van der Waals surface area contributed by atoms with Gasteiger partial charge in [-0.15, -0.1) is 0 Å². The number of benzene rings is 1. The number of hydrogen-bond acceptors (Lipinski definition) is 4. The predicted molar refractivity (Wildman–Crippen MR) is 126 cm³/mol. The maximum atomic E-state index is 12.9. The Hall–Kier alpha value is -2.77. The van der Waals surface area contributed by atoms with Gasteiger partial charge in [-0.3, -0.25) is 9.59 Å². The number of carbonyl (C=O) groups is 2. The molecule has 0 radical (unpaired) electrons. The maximum Gasteiger partial charge on any atom is 0.290 e. The first kappa shape index (κ1) is 23.9. The highest BCUT2D eigenvalue weighted by Gasteiger charge is 2.24. The number of halogens is 2. The maximum absolute atomic E-state index is 12.9. The van der Waals surface area contributed by atoms with Crippen LogP contribution in [0.4, 0.5) is 5.82 Å². The largest absolute Gasteiger partial charge is 0.459 e. The van der Waals surface area contributed by atoms with Gasteiger partial charge in [0.05, 0.1) is 27.7 Å². The summed E-state index contributed by atoms with van der Waals surface area (Å²) in [5.41, 5.74) is 1.20. The van der Waals surface area contributed by atoms with Gasteiger partial charge in [-0.25, -0.2) is 4.68 Å². The summed E-state index contributed by atoms with van der Waals surface area (Å²) in [4.78, 5) is 27.1. The van der Waals surface area contributed by atoms with E-state index in [9.17, 15) is 9.59 Å². The lowest BCUT2D eigenvalue weighted by molar-refractivity contribution is -0.117. The first-order chi connectivity index (χ1) is 15.1. The number of furan rings is 1. The van der Waals surface area contributed by atoms with Crippen LogP contribution in [-0.4, -0.2) is 39.6 Å². The van der Waals surface area contributed by atoms with Crippen LogP contribution in [0.5, 0.6) is 0 Å². The number of carbonyl (C=O) groups excluding carboxylic acids is 2. The van der Waals surface area contributed by atoms with Crippen LogP contribution in [0, 0.1) is 0 Å². The van der Waals surface area contributed by atoms with E-state index in [1.807, 2.05) is 33.8 Å². The average Bonchev–Trinajstić information content (AvgIpc) is 3.39. The minimum atomic E-state index is -0.347. The van der Waals surface area contributed by atoms with Crippen LogP contribution >= 0.6 is 23.2 Å². The normalized spacial score (nSPS) is 11.4. The minimum absolute atomic E-state index is 0.120. The minimum Gasteiger partial charge on any atom is -0.459 e. The molecule has 1 aromatic carbocycles. The van der Waals surface area contributed by atoms with Crippen molar-refractivity contribution >= 4 is 40.8 Å². The Kier molecular flexibility index (Phi) is 7.31. The molecular weight excluding hydrogens is 451 g/mol. The Balaban J connectivity index is 1.87. The summed E-state index contributed by atoms with van der Waals surface area (Å²) in [6.07, 6.45) is 2.14. The quantitative estimate of drug-likeness (QED) is 0.483. The molecule has 0 saturated heterocycles. The first-order valence-electron chi connectivity index (χ1n) is 10.3. The number of anilines is 1. The molecule has 0 aliphatic carbocycles. The molecule has 3 rings (SSSR count). The van der Waals surface area contributed by atoms with Gasteiger partial charge < -0.3 is 14.6 Å². The molecule has 3 aromatic rings. The predicted octanol–water partition coefficient (Wildman–Crippen LogP) is 5.56. The molecule has 0 atom stereocenters. The summed E-state index contributed by atoms with van der Waals surface area (Å²) in [6, 6.07) is 10.2. The molecule has 2 aromatic heterocycles. The molecule has 0 aliphatic rings. The summed E-state index contributed by atoms with van der Waals surface area (Å²) < 4.78 is 6.81. The Morgan fingerprint density at radius 1 is 1.16 bits per heavy atom. The lowest BCUT2D eigenvalue weighted by Crippen LogP contribution is -2.38. The summed E-state index contributed by atoms with van der Waals surface area (Å²) >= 11 is 12.2. The fraction of sp³-hybridized carbons (Fsp3) is 0.348. The van der Waals surface area contributed by atoms with E-state index in [-0.39, 0.29) is 29.5 Å². The van der Waals surface area contributed by atoms with Crippen molar-refractivity contribution in [3.05, 3.63) is 64.2 Å². The van der Waals surface area contributed by atoms with Crippen molar-refractivity contribution in [2.75, 3.05) is 18.4 Å². The standard InChI is InChI=1S/C23H26Cl2N4O3/c1-5-10-28(22(31)18-7-6-11-32-18)14-21(30)26-20-13-19(23(2,3)4)27-29(20)15-8-9-16(24)17(25)12-15/h6-9,11-13H,5,10,14H2,1-4H3,(H,26,30). The van der Waals surface area contributed by atoms with Crippen molar-refractivity contribution in [1.82, 2.24) is 14.7 Å². The number of aromatic nitrogens is 2. The summed E-state index contributed by atoms with van der Waals surface area (Å²) in [5, 5.41) is 8.37. The van der Waals surface area contributed by atoms with Gasteiger partial charge in [-0.05, 0) is 36.8 Å². The zero-order valence-corrected chi connectivity index (χ0v) is 20.0. The Labute approximate surface area is 197 Å². The zero-order chi connectivity index (χ0) is 23.5. The lowest BCUT2D eigenvalue weighted by atomic mass is 9.92. The van der Waals surface area contributed by atoms with Crippen LogP contribution in [0.25, 0.3) is 5.69 Å². The SMILES string of the molecule is CCCN(CC(=O)Nc1cc(C(C)(C)C)nn1-c1ccc(Cl)c(Cl)c1)C(=O)c1ccco1. The molecule has 170 valence electrons. The molecule has 0 spiro atoms. The number of rotatable bonds is 7. The molecule has 9 heteroatoms. The molecule has 0 unspecified atom stereocenters. The van der Waals surface area contributed by atoms with Crippen molar-refractivity contribution in [2.45, 2.75) is 39.5 Å².